The van der Waals surface area contributed by atoms with E-state index in [4.69, 9.17) is 9.37 Å². The van der Waals surface area contributed by atoms with Crippen LogP contribution in [0.15, 0.2) is 16.8 Å². The molecule has 0 radical (unpaired) electrons. The molecule has 4 aliphatic carbocycles. The van der Waals surface area contributed by atoms with Crippen molar-refractivity contribution in [1.29, 1.82) is 0 Å². The van der Waals surface area contributed by atoms with Gasteiger partial charge in [-0.25, -0.2) is 9.42 Å². The van der Waals surface area contributed by atoms with Crippen LogP contribution >= 0.6 is 0 Å². The van der Waals surface area contributed by atoms with E-state index in [1.54, 1.807) is 0 Å². The molecule has 4 saturated carbocycles. The molecule has 13 heteroatoms. The number of carbonyl (C=O) groups excluding carboxylic acids is 1. The summed E-state index contributed by atoms with van der Waals surface area (Å²) < 4.78 is 10.7. The average Bonchev–Trinajstić information content (AvgIpc) is 3.64. The van der Waals surface area contributed by atoms with Crippen molar-refractivity contribution < 1.29 is 38.9 Å². The number of aliphatic carboxylic acids is 2. The highest BCUT2D eigenvalue weighted by molar-refractivity contribution is 5.95. The van der Waals surface area contributed by atoms with E-state index in [-0.39, 0.29) is 45.8 Å². The quantitative estimate of drug-likeness (QED) is 0.136. The lowest BCUT2D eigenvalue weighted by Crippen LogP contribution is -2.54. The lowest BCUT2D eigenvalue weighted by Gasteiger charge is -2.61. The standard InChI is InChI=1S/C34H46N4O9/c1-18(4-11-28(39)40)22-7-8-23-21-6-5-19-16-20(12-14-33(19,2)24(21)13-15-34(22,23)3)46-32(43)26(17-29(41)42)35-25-9-10-27(38(44)45)31-30(25)36-47-37-31/h9-10,18-24,26,35H,4-8,11-17H2,1-3H3,(H,39,40)(H,41,42)/t18-,19-,20-,21+,22-,23+,24+,26+,33+,34-/m1/s1. The first-order valence-electron chi connectivity index (χ1n) is 17.1. The van der Waals surface area contributed by atoms with E-state index in [1.807, 2.05) is 0 Å². The van der Waals surface area contributed by atoms with Gasteiger partial charge in [0.15, 0.2) is 5.52 Å². The summed E-state index contributed by atoms with van der Waals surface area (Å²) in [7, 11) is 0. The average molecular weight is 655 g/mol. The number of aromatic nitrogens is 2. The Kier molecular flexibility index (Phi) is 8.94. The highest BCUT2D eigenvalue weighted by Crippen LogP contribution is 2.68. The SMILES string of the molecule is C[C@H](CCC(=O)O)[C@H]1CC[C@H]2[C@@H]3CC[C@@H]4C[C@H](OC(=O)[C@H](CC(=O)O)Nc5ccc([N+](=O)[O-])c6nonc56)CC[C@]4(C)[C@H]3CC[C@]12C. The van der Waals surface area contributed by atoms with Crippen molar-refractivity contribution in [2.75, 3.05) is 5.32 Å². The van der Waals surface area contributed by atoms with Gasteiger partial charge >= 0.3 is 23.6 Å². The molecule has 2 aromatic rings. The third-order valence-corrected chi connectivity index (χ3v) is 13.1. The van der Waals surface area contributed by atoms with Gasteiger partial charge in [0.1, 0.15) is 12.1 Å². The highest BCUT2D eigenvalue weighted by atomic mass is 16.6. The number of benzene rings is 1. The Labute approximate surface area is 273 Å². The zero-order valence-corrected chi connectivity index (χ0v) is 27.4. The van der Waals surface area contributed by atoms with Crippen molar-refractivity contribution in [3.8, 4) is 0 Å². The Morgan fingerprint density at radius 3 is 2.47 bits per heavy atom. The van der Waals surface area contributed by atoms with Gasteiger partial charge in [0, 0.05) is 12.5 Å². The molecule has 1 heterocycles. The highest BCUT2D eigenvalue weighted by Gasteiger charge is 2.60. The zero-order valence-electron chi connectivity index (χ0n) is 27.4. The van der Waals surface area contributed by atoms with Crippen molar-refractivity contribution in [3.05, 3.63) is 22.2 Å². The number of anilines is 1. The van der Waals surface area contributed by atoms with Crippen LogP contribution in [0, 0.1) is 56.5 Å². The topological polar surface area (TPSA) is 195 Å². The molecular weight excluding hydrogens is 608 g/mol. The van der Waals surface area contributed by atoms with Crippen molar-refractivity contribution in [3.63, 3.8) is 0 Å². The predicted octanol–water partition coefficient (Wildman–Crippen LogP) is 6.46. The summed E-state index contributed by atoms with van der Waals surface area (Å²) in [6.45, 7) is 7.18. The number of nitrogens with one attached hydrogen (secondary N) is 1. The maximum absolute atomic E-state index is 13.5. The molecule has 6 rings (SSSR count). The monoisotopic (exact) mass is 654 g/mol. The number of ether oxygens (including phenoxy) is 1. The summed E-state index contributed by atoms with van der Waals surface area (Å²) in [5.41, 5.74) is 0.221. The maximum atomic E-state index is 13.5. The van der Waals surface area contributed by atoms with E-state index in [2.05, 4.69) is 36.4 Å². The van der Waals surface area contributed by atoms with Crippen molar-refractivity contribution in [2.45, 2.75) is 110 Å². The van der Waals surface area contributed by atoms with Crippen LogP contribution in [0.4, 0.5) is 11.4 Å². The summed E-state index contributed by atoms with van der Waals surface area (Å²) in [6.07, 6.45) is 9.55. The van der Waals surface area contributed by atoms with E-state index in [1.165, 1.54) is 37.8 Å². The van der Waals surface area contributed by atoms with Crippen LogP contribution in [0.3, 0.4) is 0 Å². The molecule has 0 amide bonds. The molecular formula is C34H46N4O9. The van der Waals surface area contributed by atoms with Crippen molar-refractivity contribution in [1.82, 2.24) is 10.3 Å². The largest absolute Gasteiger partial charge is 0.481 e. The summed E-state index contributed by atoms with van der Waals surface area (Å²) in [4.78, 5) is 47.2. The minimum Gasteiger partial charge on any atom is -0.481 e. The first-order chi connectivity index (χ1) is 22.3. The van der Waals surface area contributed by atoms with Crippen molar-refractivity contribution >= 4 is 40.3 Å². The molecule has 3 N–H and O–H groups in total. The summed E-state index contributed by atoms with van der Waals surface area (Å²) in [5.74, 6) is 0.757. The van der Waals surface area contributed by atoms with Gasteiger partial charge in [-0.05, 0) is 127 Å². The lowest BCUT2D eigenvalue weighted by molar-refractivity contribution is -0.383. The van der Waals surface area contributed by atoms with Crippen molar-refractivity contribution in [2.24, 2.45) is 46.3 Å². The van der Waals surface area contributed by atoms with Gasteiger partial charge in [0.05, 0.1) is 17.0 Å². The normalized spacial score (nSPS) is 34.4. The molecule has 1 aromatic carbocycles. The number of nitro groups is 1. The molecule has 0 unspecified atom stereocenters. The molecule has 0 saturated heterocycles. The van der Waals surface area contributed by atoms with E-state index >= 15 is 0 Å². The van der Waals surface area contributed by atoms with Gasteiger partial charge in [-0.2, -0.15) is 0 Å². The molecule has 47 heavy (non-hydrogen) atoms. The number of fused-ring (bicyclic) bond motifs is 6. The molecule has 13 nitrogen and oxygen atoms in total. The Morgan fingerprint density at radius 1 is 1.02 bits per heavy atom. The van der Waals surface area contributed by atoms with Crippen LogP contribution in [0.25, 0.3) is 11.0 Å². The first kappa shape index (κ1) is 33.1. The molecule has 4 aliphatic rings. The smallest absolute Gasteiger partial charge is 0.329 e. The second kappa shape index (κ2) is 12.7. The molecule has 10 atom stereocenters. The third kappa shape index (κ3) is 6.06. The van der Waals surface area contributed by atoms with Gasteiger partial charge in [-0.1, -0.05) is 20.8 Å². The van der Waals surface area contributed by atoms with E-state index < -0.39 is 35.3 Å². The first-order valence-corrected chi connectivity index (χ1v) is 17.1. The fraction of sp³-hybridized carbons (Fsp3) is 0.735. The number of carboxylic acid groups (broad SMARTS) is 2. The van der Waals surface area contributed by atoms with Gasteiger partial charge in [-0.3, -0.25) is 19.7 Å². The Hall–Kier alpha value is -3.77. The Morgan fingerprint density at radius 2 is 1.74 bits per heavy atom. The van der Waals surface area contributed by atoms with E-state index in [0.29, 0.717) is 41.9 Å². The second-order valence-electron chi connectivity index (χ2n) is 15.3. The van der Waals surface area contributed by atoms with Gasteiger partial charge < -0.3 is 20.3 Å². The summed E-state index contributed by atoms with van der Waals surface area (Å²) in [5, 5.41) is 40.4. The van der Waals surface area contributed by atoms with Crippen LogP contribution in [-0.2, 0) is 19.1 Å². The molecule has 0 spiro atoms. The minimum atomic E-state index is -1.23. The predicted molar refractivity (Wildman–Crippen MR) is 169 cm³/mol. The number of hydrogen-bond donors (Lipinski definition) is 3. The molecule has 256 valence electrons. The third-order valence-electron chi connectivity index (χ3n) is 13.1. The van der Waals surface area contributed by atoms with E-state index in [9.17, 15) is 34.7 Å². The molecule has 1 aromatic heterocycles. The van der Waals surface area contributed by atoms with Crippen LogP contribution < -0.4 is 5.32 Å². The maximum Gasteiger partial charge on any atom is 0.329 e. The van der Waals surface area contributed by atoms with Crippen LogP contribution in [-0.4, -0.2) is 55.5 Å². The van der Waals surface area contributed by atoms with Crippen LogP contribution in [0.2, 0.25) is 0 Å². The van der Waals surface area contributed by atoms with Gasteiger partial charge in [-0.15, -0.1) is 0 Å². The molecule has 0 aliphatic heterocycles. The lowest BCUT2D eigenvalue weighted by atomic mass is 9.44. The number of rotatable bonds is 11. The number of non-ortho nitro benzene ring substituents is 1. The fourth-order valence-electron chi connectivity index (χ4n) is 10.8. The summed E-state index contributed by atoms with van der Waals surface area (Å²) >= 11 is 0. The number of esters is 1. The van der Waals surface area contributed by atoms with Gasteiger partial charge in [0.2, 0.25) is 5.52 Å². The fourth-order valence-corrected chi connectivity index (χ4v) is 10.8. The number of carbonyl (C=O) groups is 3. The van der Waals surface area contributed by atoms with Crippen LogP contribution in [0.5, 0.6) is 0 Å². The van der Waals surface area contributed by atoms with Crippen LogP contribution in [0.1, 0.15) is 97.8 Å². The second-order valence-corrected chi connectivity index (χ2v) is 15.3. The number of nitrogens with zero attached hydrogens (tertiary/aromatic N) is 3. The number of carboxylic acids is 2. The minimum absolute atomic E-state index is 0.0273. The number of hydrogen-bond acceptors (Lipinski definition) is 10. The van der Waals surface area contributed by atoms with Gasteiger partial charge in [0.25, 0.3) is 0 Å². The van der Waals surface area contributed by atoms with E-state index in [0.717, 1.165) is 32.1 Å². The summed E-state index contributed by atoms with van der Waals surface area (Å²) in [6, 6.07) is 1.33. The Bertz CT molecular complexity index is 1540. The Balaban J connectivity index is 1.11. The molecule has 0 bridgehead atoms. The number of nitro benzene ring substituents is 1. The molecule has 4 fully saturated rings. The zero-order chi connectivity index (χ0) is 33.7.